The summed E-state index contributed by atoms with van der Waals surface area (Å²) in [5.41, 5.74) is -0.941. The average Bonchev–Trinajstić information content (AvgIpc) is 1.90. The van der Waals surface area contributed by atoms with E-state index in [0.29, 0.717) is 6.42 Å². The molecule has 0 radical (unpaired) electrons. The first-order chi connectivity index (χ1) is 4.58. The lowest BCUT2D eigenvalue weighted by molar-refractivity contribution is 0.0910. The van der Waals surface area contributed by atoms with Crippen LogP contribution in [0.5, 0.6) is 0 Å². The molecule has 1 atom stereocenters. The Labute approximate surface area is 63.8 Å². The monoisotopic (exact) mass is 146 g/mol. The molecule has 0 spiro atoms. The molecule has 0 aliphatic carbocycles. The lowest BCUT2D eigenvalue weighted by Gasteiger charge is -2.27. The highest BCUT2D eigenvalue weighted by molar-refractivity contribution is 4.78. The van der Waals surface area contributed by atoms with Crippen molar-refractivity contribution in [3.63, 3.8) is 0 Å². The molecule has 0 aromatic rings. The average molecular weight is 146 g/mol. The minimum atomic E-state index is -0.941. The van der Waals surface area contributed by atoms with Crippen LogP contribution in [0.3, 0.4) is 0 Å². The van der Waals surface area contributed by atoms with E-state index in [0.717, 1.165) is 12.8 Å². The molecule has 0 saturated carbocycles. The van der Waals surface area contributed by atoms with Gasteiger partial charge in [-0.3, -0.25) is 0 Å². The van der Waals surface area contributed by atoms with Gasteiger partial charge in [-0.05, 0) is 19.3 Å². The zero-order chi connectivity index (χ0) is 8.20. The maximum absolute atomic E-state index is 13.5. The highest BCUT2D eigenvalue weighted by atomic mass is 19.1. The van der Waals surface area contributed by atoms with E-state index < -0.39 is 5.67 Å². The van der Waals surface area contributed by atoms with E-state index in [1.165, 1.54) is 0 Å². The van der Waals surface area contributed by atoms with E-state index in [1.807, 2.05) is 6.92 Å². The Morgan fingerprint density at radius 1 is 1.20 bits per heavy atom. The highest BCUT2D eigenvalue weighted by Gasteiger charge is 2.28. The number of halogens is 1. The molecule has 0 bridgehead atoms. The first-order valence-corrected chi connectivity index (χ1v) is 4.27. The van der Waals surface area contributed by atoms with E-state index >= 15 is 0 Å². The molecule has 10 heavy (non-hydrogen) atoms. The van der Waals surface area contributed by atoms with Crippen LogP contribution in [0.25, 0.3) is 0 Å². The standard InChI is InChI=1S/C9H19F/c1-5-8(6-2)9(4,10)7-3/h8H,5-7H2,1-4H3. The molecule has 0 saturated heterocycles. The Hall–Kier alpha value is -0.0700. The van der Waals surface area contributed by atoms with Crippen molar-refractivity contribution in [2.24, 2.45) is 5.92 Å². The number of hydrogen-bond donors (Lipinski definition) is 0. The second-order valence-electron chi connectivity index (χ2n) is 3.15. The molecule has 0 rings (SSSR count). The van der Waals surface area contributed by atoms with Gasteiger partial charge in [0.1, 0.15) is 5.67 Å². The van der Waals surface area contributed by atoms with Crippen molar-refractivity contribution < 1.29 is 4.39 Å². The summed E-state index contributed by atoms with van der Waals surface area (Å²) in [7, 11) is 0. The lowest BCUT2D eigenvalue weighted by Crippen LogP contribution is -2.27. The summed E-state index contributed by atoms with van der Waals surface area (Å²) >= 11 is 0. The third-order valence-electron chi connectivity index (χ3n) is 2.53. The van der Waals surface area contributed by atoms with Crippen LogP contribution in [0.1, 0.15) is 47.0 Å². The summed E-state index contributed by atoms with van der Waals surface area (Å²) in [5.74, 6) is 0.248. The first kappa shape index (κ1) is 9.93. The topological polar surface area (TPSA) is 0 Å². The minimum absolute atomic E-state index is 0.248. The lowest BCUT2D eigenvalue weighted by atomic mass is 9.85. The Bertz CT molecular complexity index is 82.7. The van der Waals surface area contributed by atoms with Crippen LogP contribution in [-0.4, -0.2) is 5.67 Å². The number of alkyl halides is 1. The Morgan fingerprint density at radius 2 is 1.60 bits per heavy atom. The van der Waals surface area contributed by atoms with E-state index in [4.69, 9.17) is 0 Å². The quantitative estimate of drug-likeness (QED) is 0.569. The minimum Gasteiger partial charge on any atom is -0.244 e. The summed E-state index contributed by atoms with van der Waals surface area (Å²) in [6.45, 7) is 7.74. The van der Waals surface area contributed by atoms with E-state index in [9.17, 15) is 4.39 Å². The summed E-state index contributed by atoms with van der Waals surface area (Å²) in [4.78, 5) is 0. The second kappa shape index (κ2) is 3.95. The normalized spacial score (nSPS) is 17.4. The van der Waals surface area contributed by atoms with E-state index in [2.05, 4.69) is 13.8 Å². The summed E-state index contributed by atoms with van der Waals surface area (Å²) in [6.07, 6.45) is 2.55. The molecule has 0 aliphatic rings. The fraction of sp³-hybridized carbons (Fsp3) is 1.00. The number of rotatable bonds is 4. The van der Waals surface area contributed by atoms with Crippen LogP contribution in [0, 0.1) is 5.92 Å². The molecule has 0 aliphatic heterocycles. The zero-order valence-corrected chi connectivity index (χ0v) is 7.58. The van der Waals surface area contributed by atoms with Gasteiger partial charge in [0.25, 0.3) is 0 Å². The van der Waals surface area contributed by atoms with E-state index in [1.54, 1.807) is 6.92 Å². The Kier molecular flexibility index (Phi) is 3.92. The van der Waals surface area contributed by atoms with Gasteiger partial charge in [-0.15, -0.1) is 0 Å². The van der Waals surface area contributed by atoms with Gasteiger partial charge in [-0.1, -0.05) is 33.6 Å². The van der Waals surface area contributed by atoms with Gasteiger partial charge in [-0.25, -0.2) is 4.39 Å². The molecule has 0 fully saturated rings. The molecule has 0 N–H and O–H groups in total. The third kappa shape index (κ3) is 2.28. The predicted molar refractivity (Wildman–Crippen MR) is 43.9 cm³/mol. The van der Waals surface area contributed by atoms with Crippen molar-refractivity contribution >= 4 is 0 Å². The predicted octanol–water partition coefficient (Wildman–Crippen LogP) is 3.56. The van der Waals surface area contributed by atoms with Crippen LogP contribution in [0.2, 0.25) is 0 Å². The molecular weight excluding hydrogens is 127 g/mol. The van der Waals surface area contributed by atoms with Gasteiger partial charge < -0.3 is 0 Å². The van der Waals surface area contributed by atoms with Gasteiger partial charge in [-0.2, -0.15) is 0 Å². The second-order valence-corrected chi connectivity index (χ2v) is 3.15. The van der Waals surface area contributed by atoms with Gasteiger partial charge in [0, 0.05) is 0 Å². The van der Waals surface area contributed by atoms with Gasteiger partial charge in [0.15, 0.2) is 0 Å². The maximum Gasteiger partial charge on any atom is 0.110 e. The maximum atomic E-state index is 13.5. The first-order valence-electron chi connectivity index (χ1n) is 4.27. The summed E-state index contributed by atoms with van der Waals surface area (Å²) in [5, 5.41) is 0. The highest BCUT2D eigenvalue weighted by Crippen LogP contribution is 2.30. The van der Waals surface area contributed by atoms with Crippen LogP contribution >= 0.6 is 0 Å². The van der Waals surface area contributed by atoms with Gasteiger partial charge in [0.2, 0.25) is 0 Å². The fourth-order valence-corrected chi connectivity index (χ4v) is 1.43. The molecule has 0 amide bonds. The third-order valence-corrected chi connectivity index (χ3v) is 2.53. The Morgan fingerprint density at radius 3 is 1.70 bits per heavy atom. The van der Waals surface area contributed by atoms with Crippen molar-refractivity contribution in [2.75, 3.05) is 0 Å². The molecule has 0 aromatic heterocycles. The fourth-order valence-electron chi connectivity index (χ4n) is 1.43. The molecule has 1 heteroatoms. The SMILES string of the molecule is CCC(CC)C(C)(F)CC. The van der Waals surface area contributed by atoms with Crippen molar-refractivity contribution in [2.45, 2.75) is 52.6 Å². The van der Waals surface area contributed by atoms with Gasteiger partial charge in [0.05, 0.1) is 0 Å². The molecule has 0 nitrogen and oxygen atoms in total. The van der Waals surface area contributed by atoms with E-state index in [-0.39, 0.29) is 5.92 Å². The van der Waals surface area contributed by atoms with Crippen LogP contribution in [-0.2, 0) is 0 Å². The Balaban J connectivity index is 3.97. The largest absolute Gasteiger partial charge is 0.244 e. The van der Waals surface area contributed by atoms with Crippen molar-refractivity contribution in [1.29, 1.82) is 0 Å². The van der Waals surface area contributed by atoms with Crippen molar-refractivity contribution in [3.05, 3.63) is 0 Å². The molecule has 62 valence electrons. The zero-order valence-electron chi connectivity index (χ0n) is 7.58. The summed E-state index contributed by atoms with van der Waals surface area (Å²) < 4.78 is 13.5. The van der Waals surface area contributed by atoms with Crippen molar-refractivity contribution in [1.82, 2.24) is 0 Å². The molecular formula is C9H19F. The summed E-state index contributed by atoms with van der Waals surface area (Å²) in [6, 6.07) is 0. The molecule has 0 aromatic carbocycles. The van der Waals surface area contributed by atoms with Crippen LogP contribution in [0.4, 0.5) is 4.39 Å². The molecule has 0 heterocycles. The smallest absolute Gasteiger partial charge is 0.110 e. The number of hydrogen-bond acceptors (Lipinski definition) is 0. The van der Waals surface area contributed by atoms with Crippen LogP contribution < -0.4 is 0 Å². The molecule has 1 unspecified atom stereocenters. The van der Waals surface area contributed by atoms with Crippen LogP contribution in [0.15, 0.2) is 0 Å². The van der Waals surface area contributed by atoms with Gasteiger partial charge >= 0.3 is 0 Å². The van der Waals surface area contributed by atoms with Crippen molar-refractivity contribution in [3.8, 4) is 0 Å².